The molecular weight excluding hydrogens is 292 g/mol. The van der Waals surface area contributed by atoms with Gasteiger partial charge in [0.15, 0.2) is 0 Å². The van der Waals surface area contributed by atoms with Crippen LogP contribution in [0.15, 0.2) is 23.1 Å². The maximum Gasteiger partial charge on any atom is 0.240 e. The summed E-state index contributed by atoms with van der Waals surface area (Å²) < 4.78 is 37.8. The number of rotatable bonds is 8. The van der Waals surface area contributed by atoms with E-state index < -0.39 is 15.6 Å². The molecule has 0 bridgehead atoms. The minimum absolute atomic E-state index is 0.163. The van der Waals surface area contributed by atoms with E-state index in [-0.39, 0.29) is 18.0 Å². The van der Waals surface area contributed by atoms with E-state index >= 15 is 0 Å². The van der Waals surface area contributed by atoms with E-state index in [1.807, 2.05) is 20.8 Å². The van der Waals surface area contributed by atoms with Crippen molar-refractivity contribution in [2.75, 3.05) is 20.3 Å². The highest BCUT2D eigenvalue weighted by Crippen LogP contribution is 2.22. The molecule has 0 fully saturated rings. The van der Waals surface area contributed by atoms with E-state index in [2.05, 4.69) is 4.72 Å². The molecular formula is C14H24N2O4S. The average molecular weight is 316 g/mol. The molecule has 1 aromatic carbocycles. The number of ether oxygens (including phenoxy) is 2. The molecule has 21 heavy (non-hydrogen) atoms. The van der Waals surface area contributed by atoms with Crippen LogP contribution in [0.1, 0.15) is 26.3 Å². The number of benzene rings is 1. The number of methoxy groups -OCH3 is 1. The largest absolute Gasteiger partial charge is 0.496 e. The summed E-state index contributed by atoms with van der Waals surface area (Å²) in [5, 5.41) is 0. The van der Waals surface area contributed by atoms with Crippen LogP contribution in [0.5, 0.6) is 5.75 Å². The van der Waals surface area contributed by atoms with Gasteiger partial charge < -0.3 is 15.2 Å². The molecule has 6 nitrogen and oxygen atoms in total. The van der Waals surface area contributed by atoms with Gasteiger partial charge in [-0.3, -0.25) is 0 Å². The molecule has 0 saturated heterocycles. The van der Waals surface area contributed by atoms with Crippen molar-refractivity contribution in [1.82, 2.24) is 4.72 Å². The van der Waals surface area contributed by atoms with Gasteiger partial charge in [0.1, 0.15) is 5.75 Å². The Morgan fingerprint density at radius 2 is 2.00 bits per heavy atom. The van der Waals surface area contributed by atoms with Crippen molar-refractivity contribution in [3.05, 3.63) is 23.8 Å². The van der Waals surface area contributed by atoms with Gasteiger partial charge >= 0.3 is 0 Å². The predicted octanol–water partition coefficient (Wildman–Crippen LogP) is 1.25. The molecule has 1 rings (SSSR count). The summed E-state index contributed by atoms with van der Waals surface area (Å²) in [5.74, 6) is 0.575. The maximum atomic E-state index is 12.3. The molecule has 0 atom stereocenters. The van der Waals surface area contributed by atoms with Crippen molar-refractivity contribution in [1.29, 1.82) is 0 Å². The van der Waals surface area contributed by atoms with Crippen LogP contribution in [-0.4, -0.2) is 34.3 Å². The zero-order chi connectivity index (χ0) is 16.1. The standard InChI is InChI=1S/C14H24N2O4S/c1-5-20-14(2,3)10-16-21(17,18)12-6-7-13(19-4)11(8-12)9-15/h6-8,16H,5,9-10,15H2,1-4H3. The number of nitrogens with two attached hydrogens (primary N) is 1. The van der Waals surface area contributed by atoms with Gasteiger partial charge in [0.25, 0.3) is 0 Å². The van der Waals surface area contributed by atoms with Gasteiger partial charge in [-0.15, -0.1) is 0 Å². The smallest absolute Gasteiger partial charge is 0.240 e. The summed E-state index contributed by atoms with van der Waals surface area (Å²) >= 11 is 0. The Bertz CT molecular complexity index is 570. The Morgan fingerprint density at radius 3 is 2.52 bits per heavy atom. The minimum atomic E-state index is -3.61. The number of hydrogen-bond donors (Lipinski definition) is 2. The van der Waals surface area contributed by atoms with Crippen LogP contribution in [0.3, 0.4) is 0 Å². The summed E-state index contributed by atoms with van der Waals surface area (Å²) in [6.45, 7) is 6.45. The second-order valence-corrected chi connectivity index (χ2v) is 6.96. The molecule has 3 N–H and O–H groups in total. The third-order valence-corrected chi connectivity index (χ3v) is 4.40. The lowest BCUT2D eigenvalue weighted by Gasteiger charge is -2.24. The zero-order valence-corrected chi connectivity index (χ0v) is 13.8. The van der Waals surface area contributed by atoms with Crippen LogP contribution < -0.4 is 15.2 Å². The first kappa shape index (κ1) is 17.9. The van der Waals surface area contributed by atoms with Gasteiger partial charge in [0.05, 0.1) is 17.6 Å². The van der Waals surface area contributed by atoms with Crippen molar-refractivity contribution >= 4 is 10.0 Å². The fourth-order valence-electron chi connectivity index (χ4n) is 1.88. The molecule has 0 aliphatic heterocycles. The highest BCUT2D eigenvalue weighted by Gasteiger charge is 2.23. The van der Waals surface area contributed by atoms with Crippen LogP contribution in [0.2, 0.25) is 0 Å². The van der Waals surface area contributed by atoms with Crippen molar-refractivity contribution in [2.45, 2.75) is 37.8 Å². The first-order valence-corrected chi connectivity index (χ1v) is 8.24. The first-order valence-electron chi connectivity index (χ1n) is 6.76. The monoisotopic (exact) mass is 316 g/mol. The highest BCUT2D eigenvalue weighted by molar-refractivity contribution is 7.89. The summed E-state index contributed by atoms with van der Waals surface area (Å²) in [5.41, 5.74) is 5.68. The van der Waals surface area contributed by atoms with Crippen LogP contribution in [0, 0.1) is 0 Å². The maximum absolute atomic E-state index is 12.3. The number of sulfonamides is 1. The van der Waals surface area contributed by atoms with Gasteiger partial charge in [-0.25, -0.2) is 13.1 Å². The molecule has 0 amide bonds. The summed E-state index contributed by atoms with van der Waals surface area (Å²) in [6, 6.07) is 4.62. The third-order valence-electron chi connectivity index (χ3n) is 3.01. The zero-order valence-electron chi connectivity index (χ0n) is 13.0. The third kappa shape index (κ3) is 4.96. The van der Waals surface area contributed by atoms with Gasteiger partial charge in [-0.1, -0.05) is 0 Å². The van der Waals surface area contributed by atoms with Crippen molar-refractivity contribution in [3.63, 3.8) is 0 Å². The van der Waals surface area contributed by atoms with Crippen LogP contribution >= 0.6 is 0 Å². The van der Waals surface area contributed by atoms with E-state index in [0.29, 0.717) is 17.9 Å². The van der Waals surface area contributed by atoms with Gasteiger partial charge in [0, 0.05) is 25.3 Å². The molecule has 0 aromatic heterocycles. The second-order valence-electron chi connectivity index (χ2n) is 5.20. The lowest BCUT2D eigenvalue weighted by molar-refractivity contribution is -0.00515. The summed E-state index contributed by atoms with van der Waals surface area (Å²) in [4.78, 5) is 0.163. The van der Waals surface area contributed by atoms with E-state index in [4.69, 9.17) is 15.2 Å². The molecule has 0 aliphatic carbocycles. The Labute approximate surface area is 126 Å². The lowest BCUT2D eigenvalue weighted by Crippen LogP contribution is -2.40. The lowest BCUT2D eigenvalue weighted by atomic mass is 10.1. The second kappa shape index (κ2) is 7.22. The van der Waals surface area contributed by atoms with E-state index in [9.17, 15) is 8.42 Å². The molecule has 0 radical (unpaired) electrons. The topological polar surface area (TPSA) is 90.6 Å². The van der Waals surface area contributed by atoms with Gasteiger partial charge in [0.2, 0.25) is 10.0 Å². The molecule has 0 saturated carbocycles. The fourth-order valence-corrected chi connectivity index (χ4v) is 3.12. The van der Waals surface area contributed by atoms with Crippen molar-refractivity contribution in [3.8, 4) is 5.75 Å². The Balaban J connectivity index is 2.93. The van der Waals surface area contributed by atoms with Gasteiger partial charge in [-0.05, 0) is 39.0 Å². The van der Waals surface area contributed by atoms with Crippen LogP contribution in [0.25, 0.3) is 0 Å². The molecule has 0 heterocycles. The van der Waals surface area contributed by atoms with Crippen LogP contribution in [-0.2, 0) is 21.3 Å². The first-order chi connectivity index (χ1) is 9.75. The predicted molar refractivity (Wildman–Crippen MR) is 81.8 cm³/mol. The molecule has 1 aromatic rings. The Kier molecular flexibility index (Phi) is 6.15. The van der Waals surface area contributed by atoms with E-state index in [1.54, 1.807) is 6.07 Å². The highest BCUT2D eigenvalue weighted by atomic mass is 32.2. The summed E-state index contributed by atoms with van der Waals surface area (Å²) in [7, 11) is -2.09. The fraction of sp³-hybridized carbons (Fsp3) is 0.571. The molecule has 7 heteroatoms. The Hall–Kier alpha value is -1.15. The van der Waals surface area contributed by atoms with Gasteiger partial charge in [-0.2, -0.15) is 0 Å². The number of hydrogen-bond acceptors (Lipinski definition) is 5. The number of nitrogens with one attached hydrogen (secondary N) is 1. The minimum Gasteiger partial charge on any atom is -0.496 e. The van der Waals surface area contributed by atoms with E-state index in [1.165, 1.54) is 19.2 Å². The van der Waals surface area contributed by atoms with E-state index in [0.717, 1.165) is 0 Å². The van der Waals surface area contributed by atoms with Crippen molar-refractivity contribution < 1.29 is 17.9 Å². The quantitative estimate of drug-likeness (QED) is 0.753. The summed E-state index contributed by atoms with van der Waals surface area (Å²) in [6.07, 6.45) is 0. The normalized spacial score (nSPS) is 12.4. The molecule has 0 spiro atoms. The van der Waals surface area contributed by atoms with Crippen LogP contribution in [0.4, 0.5) is 0 Å². The van der Waals surface area contributed by atoms with Crippen molar-refractivity contribution in [2.24, 2.45) is 5.73 Å². The molecule has 0 unspecified atom stereocenters. The SMILES string of the molecule is CCOC(C)(C)CNS(=O)(=O)c1ccc(OC)c(CN)c1. The average Bonchev–Trinajstić information content (AvgIpc) is 2.44. The Morgan fingerprint density at radius 1 is 1.33 bits per heavy atom. The molecule has 120 valence electrons. The molecule has 0 aliphatic rings.